The number of ether oxygens (including phenoxy) is 2. The lowest BCUT2D eigenvalue weighted by Crippen LogP contribution is -2.50. The molecule has 0 atom stereocenters. The van der Waals surface area contributed by atoms with Crippen LogP contribution in [0.2, 0.25) is 0 Å². The van der Waals surface area contributed by atoms with E-state index >= 15 is 0 Å². The van der Waals surface area contributed by atoms with Gasteiger partial charge in [0.25, 0.3) is 11.8 Å². The third-order valence-corrected chi connectivity index (χ3v) is 4.69. The Balaban J connectivity index is 1.57. The molecule has 1 saturated heterocycles. The largest absolute Gasteiger partial charge is 0.484 e. The molecule has 2 aromatic rings. The van der Waals surface area contributed by atoms with Crippen LogP contribution in [0.25, 0.3) is 0 Å². The normalized spacial score (nSPS) is 14.4. The number of carbonyl (C=O) groups is 2. The first-order chi connectivity index (χ1) is 15.1. The summed E-state index contributed by atoms with van der Waals surface area (Å²) >= 11 is 0. The van der Waals surface area contributed by atoms with Crippen LogP contribution < -0.4 is 9.47 Å². The van der Waals surface area contributed by atoms with Gasteiger partial charge in [-0.1, -0.05) is 12.1 Å². The van der Waals surface area contributed by atoms with Crippen molar-refractivity contribution in [1.29, 1.82) is 0 Å². The summed E-state index contributed by atoms with van der Waals surface area (Å²) in [6.45, 7) is -3.73. The molecule has 32 heavy (non-hydrogen) atoms. The second-order valence-electron chi connectivity index (χ2n) is 6.89. The van der Waals surface area contributed by atoms with E-state index in [1.165, 1.54) is 58.3 Å². The van der Waals surface area contributed by atoms with E-state index in [1.807, 2.05) is 0 Å². The van der Waals surface area contributed by atoms with Crippen LogP contribution in [-0.4, -0.2) is 67.2 Å². The van der Waals surface area contributed by atoms with Crippen LogP contribution in [0, 0.1) is 0 Å². The van der Waals surface area contributed by atoms with Gasteiger partial charge in [-0.2, -0.15) is 22.0 Å². The minimum atomic E-state index is -4.46. The summed E-state index contributed by atoms with van der Waals surface area (Å²) in [5.41, 5.74) is 0.266. The van der Waals surface area contributed by atoms with E-state index in [1.54, 1.807) is 0 Å². The van der Waals surface area contributed by atoms with Gasteiger partial charge in [-0.15, -0.1) is 0 Å². The summed E-state index contributed by atoms with van der Waals surface area (Å²) in [7, 11) is 0. The van der Waals surface area contributed by atoms with E-state index in [-0.39, 0.29) is 54.7 Å². The zero-order chi connectivity index (χ0) is 23.3. The first kappa shape index (κ1) is 23.3. The van der Waals surface area contributed by atoms with Crippen molar-refractivity contribution < 1.29 is 41.0 Å². The molecule has 2 aromatic carbocycles. The number of amides is 2. The van der Waals surface area contributed by atoms with Gasteiger partial charge in [-0.25, -0.2) is 0 Å². The van der Waals surface area contributed by atoms with Crippen LogP contribution in [0.5, 0.6) is 11.5 Å². The maximum Gasteiger partial charge on any atom is 0.422 e. The van der Waals surface area contributed by atoms with Crippen LogP contribution in [0.15, 0.2) is 48.5 Å². The van der Waals surface area contributed by atoms with Crippen LogP contribution in [-0.2, 0) is 0 Å². The summed E-state index contributed by atoms with van der Waals surface area (Å²) in [5.74, 6) is -1.07. The average molecular weight is 458 g/mol. The molecule has 1 aliphatic heterocycles. The molecule has 2 amide bonds. The van der Waals surface area contributed by atoms with Gasteiger partial charge < -0.3 is 19.3 Å². The van der Waals surface area contributed by atoms with Gasteiger partial charge in [-0.3, -0.25) is 9.59 Å². The topological polar surface area (TPSA) is 59.1 Å². The minimum Gasteiger partial charge on any atom is -0.484 e. The van der Waals surface area contributed by atoms with E-state index in [0.717, 1.165) is 0 Å². The number of rotatable bonds is 6. The molecule has 0 bridgehead atoms. The zero-order valence-corrected chi connectivity index (χ0v) is 16.6. The third kappa shape index (κ3) is 6.08. The predicted molar refractivity (Wildman–Crippen MR) is 103 cm³/mol. The molecule has 1 aliphatic rings. The lowest BCUT2D eigenvalue weighted by molar-refractivity contribution is -0.153. The number of nitrogens with zero attached hydrogens (tertiary/aromatic N) is 2. The molecule has 0 spiro atoms. The molecule has 0 saturated carbocycles. The molecular formula is C21H19F5N2O4. The highest BCUT2D eigenvalue weighted by Gasteiger charge is 2.29. The monoisotopic (exact) mass is 458 g/mol. The standard InChI is InChI=1S/C21H19F5N2O4/c22-20(23)32-17-4-2-1-3-16(17)19(30)28-11-9-27(10-12-28)18(29)14-5-7-15(8-6-14)31-13-21(24,25)26/h1-8,20H,9-13H2. The van der Waals surface area contributed by atoms with Crippen molar-refractivity contribution in [2.24, 2.45) is 0 Å². The number of carbonyl (C=O) groups excluding carboxylic acids is 2. The number of para-hydroxylation sites is 1. The molecule has 0 radical (unpaired) electrons. The maximum absolute atomic E-state index is 12.7. The van der Waals surface area contributed by atoms with Gasteiger partial charge in [0.1, 0.15) is 11.5 Å². The maximum atomic E-state index is 12.7. The summed E-state index contributed by atoms with van der Waals surface area (Å²) in [6, 6.07) is 11.0. The van der Waals surface area contributed by atoms with Crippen molar-refractivity contribution in [2.45, 2.75) is 12.8 Å². The summed E-state index contributed by atoms with van der Waals surface area (Å²) < 4.78 is 70.8. The smallest absolute Gasteiger partial charge is 0.422 e. The average Bonchev–Trinajstić information content (AvgIpc) is 2.77. The fraction of sp³-hybridized carbons (Fsp3) is 0.333. The molecule has 1 fully saturated rings. The van der Waals surface area contributed by atoms with Crippen LogP contribution >= 0.6 is 0 Å². The molecule has 0 unspecified atom stereocenters. The number of benzene rings is 2. The highest BCUT2D eigenvalue weighted by molar-refractivity contribution is 5.97. The van der Waals surface area contributed by atoms with Gasteiger partial charge in [0.05, 0.1) is 5.56 Å². The molecule has 0 N–H and O–H groups in total. The highest BCUT2D eigenvalue weighted by Crippen LogP contribution is 2.23. The molecule has 11 heteroatoms. The predicted octanol–water partition coefficient (Wildman–Crippen LogP) is 3.83. The Labute approximate surface area is 180 Å². The zero-order valence-electron chi connectivity index (χ0n) is 16.6. The van der Waals surface area contributed by atoms with Gasteiger partial charge in [0.15, 0.2) is 6.61 Å². The van der Waals surface area contributed by atoms with Crippen LogP contribution in [0.4, 0.5) is 22.0 Å². The third-order valence-electron chi connectivity index (χ3n) is 4.69. The number of piperazine rings is 1. The molecule has 6 nitrogen and oxygen atoms in total. The van der Waals surface area contributed by atoms with Gasteiger partial charge >= 0.3 is 12.8 Å². The quantitative estimate of drug-likeness (QED) is 0.618. The van der Waals surface area contributed by atoms with E-state index in [0.29, 0.717) is 0 Å². The first-order valence-electron chi connectivity index (χ1n) is 9.56. The van der Waals surface area contributed by atoms with Crippen molar-refractivity contribution in [3.8, 4) is 11.5 Å². The Kier molecular flexibility index (Phi) is 7.16. The molecule has 0 aromatic heterocycles. The summed E-state index contributed by atoms with van der Waals surface area (Å²) in [6.07, 6.45) is -4.46. The number of hydrogen-bond acceptors (Lipinski definition) is 4. The van der Waals surface area contributed by atoms with Gasteiger partial charge in [-0.05, 0) is 36.4 Å². The van der Waals surface area contributed by atoms with Gasteiger partial charge in [0.2, 0.25) is 0 Å². The summed E-state index contributed by atoms with van der Waals surface area (Å²) in [5, 5.41) is 0. The van der Waals surface area contributed by atoms with Crippen molar-refractivity contribution >= 4 is 11.8 Å². The Bertz CT molecular complexity index is 942. The Morgan fingerprint density at radius 3 is 2.00 bits per heavy atom. The van der Waals surface area contributed by atoms with Crippen LogP contribution in [0.3, 0.4) is 0 Å². The lowest BCUT2D eigenvalue weighted by atomic mass is 10.1. The molecule has 3 rings (SSSR count). The number of halogens is 5. The number of hydrogen-bond donors (Lipinski definition) is 0. The second-order valence-corrected chi connectivity index (χ2v) is 6.89. The lowest BCUT2D eigenvalue weighted by Gasteiger charge is -2.35. The fourth-order valence-electron chi connectivity index (χ4n) is 3.17. The molecule has 172 valence electrons. The highest BCUT2D eigenvalue weighted by atomic mass is 19.4. The van der Waals surface area contributed by atoms with Crippen molar-refractivity contribution in [1.82, 2.24) is 9.80 Å². The molecular weight excluding hydrogens is 439 g/mol. The van der Waals surface area contributed by atoms with Gasteiger partial charge in [0, 0.05) is 31.7 Å². The molecule has 0 aliphatic carbocycles. The van der Waals surface area contributed by atoms with Crippen molar-refractivity contribution in [3.05, 3.63) is 59.7 Å². The van der Waals surface area contributed by atoms with E-state index < -0.39 is 25.3 Å². The Morgan fingerprint density at radius 2 is 1.44 bits per heavy atom. The SMILES string of the molecule is O=C(c1ccc(OCC(F)(F)F)cc1)N1CCN(C(=O)c2ccccc2OC(F)F)CC1. The van der Waals surface area contributed by atoms with E-state index in [4.69, 9.17) is 0 Å². The van der Waals surface area contributed by atoms with Crippen LogP contribution in [0.1, 0.15) is 20.7 Å². The van der Waals surface area contributed by atoms with Crippen molar-refractivity contribution in [3.63, 3.8) is 0 Å². The van der Waals surface area contributed by atoms with E-state index in [2.05, 4.69) is 9.47 Å². The first-order valence-corrected chi connectivity index (χ1v) is 9.56. The Hall–Kier alpha value is -3.37. The second kappa shape index (κ2) is 9.84. The Morgan fingerprint density at radius 1 is 0.875 bits per heavy atom. The van der Waals surface area contributed by atoms with Crippen molar-refractivity contribution in [2.75, 3.05) is 32.8 Å². The number of alkyl halides is 5. The molecule has 1 heterocycles. The fourth-order valence-corrected chi connectivity index (χ4v) is 3.17. The minimum absolute atomic E-state index is 0.00187. The van der Waals surface area contributed by atoms with E-state index in [9.17, 15) is 31.5 Å². The summed E-state index contributed by atoms with van der Waals surface area (Å²) in [4.78, 5) is 28.3.